The van der Waals surface area contributed by atoms with Crippen molar-refractivity contribution in [1.29, 1.82) is 0 Å². The van der Waals surface area contributed by atoms with Crippen molar-refractivity contribution in [3.05, 3.63) is 59.2 Å². The maximum Gasteiger partial charge on any atom is 0.295 e. The summed E-state index contributed by atoms with van der Waals surface area (Å²) in [7, 11) is 3.02. The number of phenols is 1. The summed E-state index contributed by atoms with van der Waals surface area (Å²) in [4.78, 5) is 27.1. The number of likely N-dealkylation sites (tertiary alicyclic amines) is 1. The summed E-state index contributed by atoms with van der Waals surface area (Å²) in [6.45, 7) is 2.46. The number of ketones is 1. The molecule has 1 aliphatic heterocycles. The Bertz CT molecular complexity index is 997. The van der Waals surface area contributed by atoms with Crippen LogP contribution < -0.4 is 9.47 Å². The molecule has 8 heteroatoms. The van der Waals surface area contributed by atoms with Gasteiger partial charge in [-0.05, 0) is 48.9 Å². The molecule has 0 spiro atoms. The molecule has 3 rings (SSSR count). The number of benzene rings is 2. The number of methoxy groups -OCH3 is 2. The molecule has 8 nitrogen and oxygen atoms in total. The minimum atomic E-state index is -0.864. The van der Waals surface area contributed by atoms with E-state index >= 15 is 0 Å². The standard InChI is InChI=1S/C23H25NO7/c1-4-31-18-13-15(7-10-17(18)25)20-19(22(27)23(28)24(20)11-12-29-2)21(26)14-5-8-16(30-3)9-6-14/h5-10,13,20,25-26H,4,11-12H2,1-3H3/t20-/m0/s1. The summed E-state index contributed by atoms with van der Waals surface area (Å²) in [5, 5.41) is 21.1. The number of ether oxygens (including phenoxy) is 3. The summed E-state index contributed by atoms with van der Waals surface area (Å²) in [5.41, 5.74) is 0.852. The van der Waals surface area contributed by atoms with Crippen LogP contribution >= 0.6 is 0 Å². The monoisotopic (exact) mass is 427 g/mol. The van der Waals surface area contributed by atoms with Crippen LogP contribution in [0.4, 0.5) is 0 Å². The van der Waals surface area contributed by atoms with E-state index in [1.807, 2.05) is 0 Å². The van der Waals surface area contributed by atoms with Crippen molar-refractivity contribution in [2.75, 3.05) is 34.0 Å². The molecule has 0 aromatic heterocycles. The number of hydrogen-bond acceptors (Lipinski definition) is 7. The van der Waals surface area contributed by atoms with Crippen LogP contribution in [0.15, 0.2) is 48.0 Å². The lowest BCUT2D eigenvalue weighted by Crippen LogP contribution is -2.32. The second-order valence-corrected chi connectivity index (χ2v) is 6.87. The van der Waals surface area contributed by atoms with Gasteiger partial charge in [-0.25, -0.2) is 0 Å². The molecule has 2 aromatic rings. The molecular formula is C23H25NO7. The minimum Gasteiger partial charge on any atom is -0.507 e. The molecule has 2 aromatic carbocycles. The van der Waals surface area contributed by atoms with Crippen LogP contribution in [-0.2, 0) is 14.3 Å². The SMILES string of the molecule is CCOc1cc([C@H]2C(=C(O)c3ccc(OC)cc3)C(=O)C(=O)N2CCOC)ccc1O. The van der Waals surface area contributed by atoms with Crippen molar-refractivity contribution >= 4 is 17.4 Å². The van der Waals surface area contributed by atoms with Crippen LogP contribution in [0.25, 0.3) is 5.76 Å². The second kappa shape index (κ2) is 9.53. The van der Waals surface area contributed by atoms with Gasteiger partial charge in [0.1, 0.15) is 11.5 Å². The Labute approximate surface area is 180 Å². The molecule has 0 unspecified atom stereocenters. The summed E-state index contributed by atoms with van der Waals surface area (Å²) >= 11 is 0. The molecule has 0 saturated carbocycles. The fourth-order valence-corrected chi connectivity index (χ4v) is 3.52. The quantitative estimate of drug-likeness (QED) is 0.379. The fraction of sp³-hybridized carbons (Fsp3) is 0.304. The maximum absolute atomic E-state index is 12.9. The van der Waals surface area contributed by atoms with E-state index in [1.165, 1.54) is 25.2 Å². The lowest BCUT2D eigenvalue weighted by atomic mass is 9.95. The normalized spacial score (nSPS) is 17.8. The average Bonchev–Trinajstić information content (AvgIpc) is 3.03. The van der Waals surface area contributed by atoms with Crippen LogP contribution in [0, 0.1) is 0 Å². The lowest BCUT2D eigenvalue weighted by molar-refractivity contribution is -0.140. The third-order valence-electron chi connectivity index (χ3n) is 5.04. The third kappa shape index (κ3) is 4.34. The Hall–Kier alpha value is -3.52. The molecule has 31 heavy (non-hydrogen) atoms. The molecule has 1 saturated heterocycles. The van der Waals surface area contributed by atoms with Gasteiger partial charge in [-0.2, -0.15) is 0 Å². The van der Waals surface area contributed by atoms with Crippen molar-refractivity contribution in [1.82, 2.24) is 4.90 Å². The highest BCUT2D eigenvalue weighted by atomic mass is 16.5. The maximum atomic E-state index is 12.9. The van der Waals surface area contributed by atoms with Crippen LogP contribution in [0.3, 0.4) is 0 Å². The van der Waals surface area contributed by atoms with Crippen molar-refractivity contribution < 1.29 is 34.0 Å². The van der Waals surface area contributed by atoms with Gasteiger partial charge in [0.15, 0.2) is 11.5 Å². The van der Waals surface area contributed by atoms with E-state index in [2.05, 4.69) is 0 Å². The topological polar surface area (TPSA) is 106 Å². The fourth-order valence-electron chi connectivity index (χ4n) is 3.52. The van der Waals surface area contributed by atoms with Gasteiger partial charge in [0.05, 0.1) is 31.9 Å². The third-order valence-corrected chi connectivity index (χ3v) is 5.04. The number of phenolic OH excluding ortho intramolecular Hbond substituents is 1. The van der Waals surface area contributed by atoms with Gasteiger partial charge in [0.2, 0.25) is 0 Å². The second-order valence-electron chi connectivity index (χ2n) is 6.87. The summed E-state index contributed by atoms with van der Waals surface area (Å²) in [6, 6.07) is 10.2. The first-order valence-electron chi connectivity index (χ1n) is 9.80. The Morgan fingerprint density at radius 1 is 1.10 bits per heavy atom. The van der Waals surface area contributed by atoms with Crippen LogP contribution in [0.2, 0.25) is 0 Å². The van der Waals surface area contributed by atoms with Crippen LogP contribution in [0.1, 0.15) is 24.1 Å². The Morgan fingerprint density at radius 3 is 2.42 bits per heavy atom. The molecular weight excluding hydrogens is 402 g/mol. The first-order chi connectivity index (χ1) is 14.9. The van der Waals surface area contributed by atoms with Crippen molar-refractivity contribution in [3.63, 3.8) is 0 Å². The van der Waals surface area contributed by atoms with E-state index in [0.717, 1.165) is 0 Å². The van der Waals surface area contributed by atoms with Gasteiger partial charge < -0.3 is 29.3 Å². The summed E-state index contributed by atoms with van der Waals surface area (Å²) in [6.07, 6.45) is 0. The van der Waals surface area contributed by atoms with Gasteiger partial charge in [0, 0.05) is 19.2 Å². The van der Waals surface area contributed by atoms with Gasteiger partial charge in [0.25, 0.3) is 11.7 Å². The van der Waals surface area contributed by atoms with E-state index in [4.69, 9.17) is 14.2 Å². The number of aliphatic hydroxyl groups is 1. The predicted molar refractivity (Wildman–Crippen MR) is 113 cm³/mol. The van der Waals surface area contributed by atoms with Gasteiger partial charge in [-0.1, -0.05) is 6.07 Å². The van der Waals surface area contributed by atoms with Gasteiger partial charge in [-0.15, -0.1) is 0 Å². The summed E-state index contributed by atoms with van der Waals surface area (Å²) < 4.78 is 15.7. The van der Waals surface area contributed by atoms with Gasteiger partial charge in [-0.3, -0.25) is 9.59 Å². The van der Waals surface area contributed by atoms with E-state index in [9.17, 15) is 19.8 Å². The number of nitrogens with zero attached hydrogens (tertiary/aromatic N) is 1. The first-order valence-corrected chi connectivity index (χ1v) is 9.80. The highest BCUT2D eigenvalue weighted by molar-refractivity contribution is 6.46. The number of rotatable bonds is 8. The van der Waals surface area contributed by atoms with Crippen molar-refractivity contribution in [2.24, 2.45) is 0 Å². The number of hydrogen-bond donors (Lipinski definition) is 2. The number of aliphatic hydroxyl groups excluding tert-OH is 1. The average molecular weight is 427 g/mol. The zero-order valence-corrected chi connectivity index (χ0v) is 17.6. The number of carbonyl (C=O) groups excluding carboxylic acids is 2. The first kappa shape index (κ1) is 22.2. The largest absolute Gasteiger partial charge is 0.507 e. The summed E-state index contributed by atoms with van der Waals surface area (Å²) in [5.74, 6) is -1.06. The molecule has 1 atom stereocenters. The van der Waals surface area contributed by atoms with Crippen molar-refractivity contribution in [2.45, 2.75) is 13.0 Å². The predicted octanol–water partition coefficient (Wildman–Crippen LogP) is 2.87. The lowest BCUT2D eigenvalue weighted by Gasteiger charge is -2.25. The molecule has 1 fully saturated rings. The molecule has 164 valence electrons. The van der Waals surface area contributed by atoms with E-state index in [1.54, 1.807) is 43.3 Å². The smallest absolute Gasteiger partial charge is 0.295 e. The Morgan fingerprint density at radius 2 is 1.81 bits per heavy atom. The Kier molecular flexibility index (Phi) is 6.81. The number of carbonyl (C=O) groups is 2. The van der Waals surface area contributed by atoms with Gasteiger partial charge >= 0.3 is 0 Å². The van der Waals surface area contributed by atoms with Crippen LogP contribution in [0.5, 0.6) is 17.2 Å². The number of aromatic hydroxyl groups is 1. The van der Waals surface area contributed by atoms with Crippen LogP contribution in [-0.4, -0.2) is 60.8 Å². The minimum absolute atomic E-state index is 0.0422. The Balaban J connectivity index is 2.16. The molecule has 0 aliphatic carbocycles. The molecule has 0 bridgehead atoms. The molecule has 1 heterocycles. The van der Waals surface area contributed by atoms with Crippen molar-refractivity contribution in [3.8, 4) is 17.2 Å². The molecule has 1 amide bonds. The molecule has 2 N–H and O–H groups in total. The molecule has 0 radical (unpaired) electrons. The number of Topliss-reactive ketones (excluding diaryl/α,β-unsaturated/α-hetero) is 1. The van der Waals surface area contributed by atoms with E-state index in [-0.39, 0.29) is 36.0 Å². The zero-order valence-electron chi connectivity index (χ0n) is 17.6. The highest BCUT2D eigenvalue weighted by Gasteiger charge is 2.46. The van der Waals surface area contributed by atoms with E-state index < -0.39 is 17.7 Å². The van der Waals surface area contributed by atoms with E-state index in [0.29, 0.717) is 23.5 Å². The highest BCUT2D eigenvalue weighted by Crippen LogP contribution is 2.41. The zero-order chi connectivity index (χ0) is 22.5. The number of amides is 1. The molecule has 1 aliphatic rings.